The number of rotatable bonds is 3. The van der Waals surface area contributed by atoms with Crippen LogP contribution in [0.4, 0.5) is 15.9 Å². The van der Waals surface area contributed by atoms with Crippen LogP contribution >= 0.6 is 0 Å². The van der Waals surface area contributed by atoms with E-state index in [1.54, 1.807) is 6.92 Å². The van der Waals surface area contributed by atoms with Gasteiger partial charge in [0, 0.05) is 5.69 Å². The van der Waals surface area contributed by atoms with Crippen molar-refractivity contribution in [2.75, 3.05) is 11.1 Å². The van der Waals surface area contributed by atoms with Gasteiger partial charge in [0.25, 0.3) is 0 Å². The van der Waals surface area contributed by atoms with Gasteiger partial charge >= 0.3 is 0 Å². The minimum atomic E-state index is -0.432. The maximum Gasteiger partial charge on any atom is 0.186 e. The van der Waals surface area contributed by atoms with E-state index in [9.17, 15) is 4.39 Å². The first-order valence-corrected chi connectivity index (χ1v) is 5.67. The summed E-state index contributed by atoms with van der Waals surface area (Å²) in [5.74, 6) is -0.239. The van der Waals surface area contributed by atoms with Gasteiger partial charge in [-0.3, -0.25) is 0 Å². The number of para-hydroxylation sites is 1. The van der Waals surface area contributed by atoms with Gasteiger partial charge in [-0.15, -0.1) is 0 Å². The molecule has 94 valence electrons. The minimum Gasteiger partial charge on any atom is -0.398 e. The molecule has 0 amide bonds. The van der Waals surface area contributed by atoms with Crippen LogP contribution in [0.3, 0.4) is 0 Å². The molecule has 1 aromatic heterocycles. The summed E-state index contributed by atoms with van der Waals surface area (Å²) in [4.78, 5) is 7.68. The molecule has 0 spiro atoms. The Hall–Kier alpha value is -2.17. The van der Waals surface area contributed by atoms with Crippen molar-refractivity contribution in [1.82, 2.24) is 9.97 Å². The molecule has 1 heterocycles. The molecule has 1 unspecified atom stereocenters. The summed E-state index contributed by atoms with van der Waals surface area (Å²) in [5, 5.41) is 3.00. The van der Waals surface area contributed by atoms with Crippen molar-refractivity contribution in [3.05, 3.63) is 47.7 Å². The molecule has 0 aliphatic rings. The normalized spacial score (nSPS) is 12.2. The monoisotopic (exact) mass is 246 g/mol. The van der Waals surface area contributed by atoms with Gasteiger partial charge in [0.1, 0.15) is 6.33 Å². The van der Waals surface area contributed by atoms with E-state index in [4.69, 9.17) is 5.73 Å². The SMILES string of the molecule is Cc1ncnc(NC(C)c2ccccc2N)c1F. The zero-order valence-corrected chi connectivity index (χ0v) is 10.3. The molecule has 2 aromatic rings. The van der Waals surface area contributed by atoms with Gasteiger partial charge in [-0.1, -0.05) is 18.2 Å². The van der Waals surface area contributed by atoms with Crippen LogP contribution in [0.2, 0.25) is 0 Å². The molecule has 0 radical (unpaired) electrons. The largest absolute Gasteiger partial charge is 0.398 e. The smallest absolute Gasteiger partial charge is 0.186 e. The summed E-state index contributed by atoms with van der Waals surface area (Å²) in [5.41, 5.74) is 7.78. The van der Waals surface area contributed by atoms with Gasteiger partial charge in [0.15, 0.2) is 11.6 Å². The predicted octanol–water partition coefficient (Wildman–Crippen LogP) is 2.68. The highest BCUT2D eigenvalue weighted by Crippen LogP contribution is 2.24. The molecule has 1 aromatic carbocycles. The molecule has 18 heavy (non-hydrogen) atoms. The predicted molar refractivity (Wildman–Crippen MR) is 69.6 cm³/mol. The van der Waals surface area contributed by atoms with E-state index in [-0.39, 0.29) is 11.9 Å². The van der Waals surface area contributed by atoms with E-state index in [1.165, 1.54) is 6.33 Å². The molecular formula is C13H15FN4. The molecule has 0 saturated heterocycles. The van der Waals surface area contributed by atoms with Crippen molar-refractivity contribution in [1.29, 1.82) is 0 Å². The summed E-state index contributed by atoms with van der Waals surface area (Å²) < 4.78 is 13.8. The van der Waals surface area contributed by atoms with Gasteiger partial charge in [0.2, 0.25) is 0 Å². The van der Waals surface area contributed by atoms with Gasteiger partial charge in [-0.25, -0.2) is 14.4 Å². The number of nitrogens with zero attached hydrogens (tertiary/aromatic N) is 2. The zero-order chi connectivity index (χ0) is 13.1. The highest BCUT2D eigenvalue weighted by molar-refractivity contribution is 5.51. The van der Waals surface area contributed by atoms with E-state index in [1.807, 2.05) is 31.2 Å². The summed E-state index contributed by atoms with van der Waals surface area (Å²) >= 11 is 0. The third-order valence-electron chi connectivity index (χ3n) is 2.78. The number of hydrogen-bond donors (Lipinski definition) is 2. The molecular weight excluding hydrogens is 231 g/mol. The molecule has 4 nitrogen and oxygen atoms in total. The van der Waals surface area contributed by atoms with E-state index < -0.39 is 5.82 Å². The Morgan fingerprint density at radius 1 is 1.28 bits per heavy atom. The van der Waals surface area contributed by atoms with E-state index in [2.05, 4.69) is 15.3 Å². The van der Waals surface area contributed by atoms with Crippen molar-refractivity contribution in [2.24, 2.45) is 0 Å². The van der Waals surface area contributed by atoms with Crippen LogP contribution in [0, 0.1) is 12.7 Å². The van der Waals surface area contributed by atoms with Crippen LogP contribution in [0.5, 0.6) is 0 Å². The highest BCUT2D eigenvalue weighted by atomic mass is 19.1. The number of halogens is 1. The Bertz CT molecular complexity index is 556. The molecule has 0 fully saturated rings. The molecule has 0 saturated carbocycles. The first-order valence-electron chi connectivity index (χ1n) is 5.67. The minimum absolute atomic E-state index is 0.130. The number of aryl methyl sites for hydroxylation is 1. The van der Waals surface area contributed by atoms with Gasteiger partial charge < -0.3 is 11.1 Å². The fourth-order valence-electron chi connectivity index (χ4n) is 1.75. The second-order valence-electron chi connectivity index (χ2n) is 4.12. The first kappa shape index (κ1) is 12.3. The van der Waals surface area contributed by atoms with E-state index >= 15 is 0 Å². The molecule has 3 N–H and O–H groups in total. The van der Waals surface area contributed by atoms with Crippen LogP contribution in [-0.4, -0.2) is 9.97 Å². The summed E-state index contributed by atoms with van der Waals surface area (Å²) in [6.07, 6.45) is 1.34. The molecule has 1 atom stereocenters. The zero-order valence-electron chi connectivity index (χ0n) is 10.3. The van der Waals surface area contributed by atoms with Crippen LogP contribution in [0.1, 0.15) is 24.2 Å². The number of benzene rings is 1. The Labute approximate surface area is 105 Å². The fourth-order valence-corrected chi connectivity index (χ4v) is 1.75. The Morgan fingerprint density at radius 2 is 2.00 bits per heavy atom. The number of nitrogen functional groups attached to an aromatic ring is 1. The number of nitrogens with one attached hydrogen (secondary N) is 1. The Morgan fingerprint density at radius 3 is 2.72 bits per heavy atom. The summed E-state index contributed by atoms with van der Waals surface area (Å²) in [7, 11) is 0. The summed E-state index contributed by atoms with van der Waals surface area (Å²) in [6, 6.07) is 7.34. The lowest BCUT2D eigenvalue weighted by Gasteiger charge is -2.17. The topological polar surface area (TPSA) is 63.8 Å². The lowest BCUT2D eigenvalue weighted by molar-refractivity contribution is 0.602. The van der Waals surface area contributed by atoms with Gasteiger partial charge in [-0.2, -0.15) is 0 Å². The number of hydrogen-bond acceptors (Lipinski definition) is 4. The lowest BCUT2D eigenvalue weighted by Crippen LogP contribution is -2.12. The lowest BCUT2D eigenvalue weighted by atomic mass is 10.1. The second kappa shape index (κ2) is 5.00. The second-order valence-corrected chi connectivity index (χ2v) is 4.12. The van der Waals surface area contributed by atoms with Gasteiger partial charge in [0.05, 0.1) is 11.7 Å². The molecule has 5 heteroatoms. The van der Waals surface area contributed by atoms with Crippen LogP contribution in [0.25, 0.3) is 0 Å². The quantitative estimate of drug-likeness (QED) is 0.817. The first-order chi connectivity index (χ1) is 8.59. The van der Waals surface area contributed by atoms with E-state index in [0.29, 0.717) is 11.4 Å². The fraction of sp³-hybridized carbons (Fsp3) is 0.231. The molecule has 0 aliphatic heterocycles. The van der Waals surface area contributed by atoms with Crippen LogP contribution in [0.15, 0.2) is 30.6 Å². The average molecular weight is 246 g/mol. The van der Waals surface area contributed by atoms with Crippen molar-refractivity contribution >= 4 is 11.5 Å². The van der Waals surface area contributed by atoms with Crippen molar-refractivity contribution in [3.8, 4) is 0 Å². The third kappa shape index (κ3) is 2.40. The van der Waals surface area contributed by atoms with Gasteiger partial charge in [-0.05, 0) is 25.5 Å². The molecule has 0 aliphatic carbocycles. The van der Waals surface area contributed by atoms with Crippen LogP contribution < -0.4 is 11.1 Å². The number of aromatic nitrogens is 2. The van der Waals surface area contributed by atoms with Crippen LogP contribution in [-0.2, 0) is 0 Å². The Kier molecular flexibility index (Phi) is 3.41. The average Bonchev–Trinajstić information content (AvgIpc) is 2.35. The van der Waals surface area contributed by atoms with Crippen molar-refractivity contribution in [3.63, 3.8) is 0 Å². The molecule has 2 rings (SSSR count). The maximum absolute atomic E-state index is 13.8. The summed E-state index contributed by atoms with van der Waals surface area (Å²) in [6.45, 7) is 3.51. The standard InChI is InChI=1S/C13H15FN4/c1-8(10-5-3-4-6-11(10)15)18-13-12(14)9(2)16-7-17-13/h3-8H,15H2,1-2H3,(H,16,17,18). The third-order valence-corrected chi connectivity index (χ3v) is 2.78. The maximum atomic E-state index is 13.8. The molecule has 0 bridgehead atoms. The van der Waals surface area contributed by atoms with Crippen molar-refractivity contribution in [2.45, 2.75) is 19.9 Å². The number of nitrogens with two attached hydrogens (primary N) is 1. The highest BCUT2D eigenvalue weighted by Gasteiger charge is 2.13. The Balaban J connectivity index is 2.24. The number of anilines is 2. The van der Waals surface area contributed by atoms with Crippen molar-refractivity contribution < 1.29 is 4.39 Å². The van der Waals surface area contributed by atoms with E-state index in [0.717, 1.165) is 5.56 Å².